The molecule has 0 saturated carbocycles. The first-order valence-electron chi connectivity index (χ1n) is 4.68. The second kappa shape index (κ2) is 3.64. The van der Waals surface area contributed by atoms with E-state index in [1.54, 1.807) is 11.3 Å². The maximum Gasteiger partial charge on any atom is 0.139 e. The van der Waals surface area contributed by atoms with Crippen LogP contribution in [0.3, 0.4) is 0 Å². The molecule has 2 heterocycles. The van der Waals surface area contributed by atoms with Crippen molar-refractivity contribution in [3.05, 3.63) is 10.4 Å². The van der Waals surface area contributed by atoms with Crippen LogP contribution in [0.15, 0.2) is 5.38 Å². The molecule has 1 saturated heterocycles. The lowest BCUT2D eigenvalue weighted by Gasteiger charge is -2.30. The summed E-state index contributed by atoms with van der Waals surface area (Å²) in [5, 5.41) is 3.27. The van der Waals surface area contributed by atoms with Crippen LogP contribution in [-0.4, -0.2) is 24.1 Å². The van der Waals surface area contributed by atoms with Gasteiger partial charge in [-0.1, -0.05) is 0 Å². The first-order valence-corrected chi connectivity index (χ1v) is 5.56. The van der Waals surface area contributed by atoms with Crippen molar-refractivity contribution in [3.63, 3.8) is 0 Å². The molecule has 4 heteroatoms. The van der Waals surface area contributed by atoms with Crippen LogP contribution < -0.4 is 10.6 Å². The van der Waals surface area contributed by atoms with E-state index >= 15 is 0 Å². The lowest BCUT2D eigenvalue weighted by Crippen LogP contribution is -2.39. The van der Waals surface area contributed by atoms with Gasteiger partial charge in [0.15, 0.2) is 0 Å². The molecule has 2 N–H and O–H groups in total. The van der Waals surface area contributed by atoms with Gasteiger partial charge >= 0.3 is 0 Å². The number of thiazole rings is 1. The summed E-state index contributed by atoms with van der Waals surface area (Å²) in [6.45, 7) is 4.17. The van der Waals surface area contributed by atoms with Gasteiger partial charge in [-0.3, -0.25) is 0 Å². The van der Waals surface area contributed by atoms with Crippen LogP contribution in [0.1, 0.15) is 17.8 Å². The summed E-state index contributed by atoms with van der Waals surface area (Å²) in [6, 6.07) is 0.399. The molecule has 0 aromatic carbocycles. The maximum atomic E-state index is 5.84. The molecule has 0 bridgehead atoms. The minimum Gasteiger partial charge on any atom is -0.356 e. The summed E-state index contributed by atoms with van der Waals surface area (Å²) in [5.74, 6) is 1.13. The summed E-state index contributed by atoms with van der Waals surface area (Å²) in [7, 11) is 0. The van der Waals surface area contributed by atoms with E-state index in [1.807, 2.05) is 6.92 Å². The van der Waals surface area contributed by atoms with E-state index in [1.165, 1.54) is 0 Å². The van der Waals surface area contributed by atoms with Crippen LogP contribution >= 0.6 is 11.3 Å². The van der Waals surface area contributed by atoms with Gasteiger partial charge in [-0.05, 0) is 19.8 Å². The van der Waals surface area contributed by atoms with Gasteiger partial charge in [0, 0.05) is 24.5 Å². The number of rotatable bonds is 1. The summed E-state index contributed by atoms with van der Waals surface area (Å²) < 4.78 is 0. The van der Waals surface area contributed by atoms with Crippen molar-refractivity contribution in [2.75, 3.05) is 18.0 Å². The SMILES string of the molecule is Cc1nc(N2CCC(N)CC2)cs1. The van der Waals surface area contributed by atoms with Crippen molar-refractivity contribution < 1.29 is 0 Å². The predicted octanol–water partition coefficient (Wildman–Crippen LogP) is 1.38. The lowest BCUT2D eigenvalue weighted by molar-refractivity contribution is 0.499. The van der Waals surface area contributed by atoms with Crippen LogP contribution in [0.25, 0.3) is 0 Å². The Labute approximate surface area is 82.6 Å². The third-order valence-electron chi connectivity index (χ3n) is 2.47. The first-order chi connectivity index (χ1) is 6.25. The Morgan fingerprint density at radius 3 is 2.77 bits per heavy atom. The fourth-order valence-electron chi connectivity index (χ4n) is 1.63. The Balaban J connectivity index is 2.02. The zero-order chi connectivity index (χ0) is 9.26. The third-order valence-corrected chi connectivity index (χ3v) is 3.23. The highest BCUT2D eigenvalue weighted by molar-refractivity contribution is 7.09. The molecule has 1 aromatic rings. The maximum absolute atomic E-state index is 5.84. The van der Waals surface area contributed by atoms with Crippen LogP contribution in [0.5, 0.6) is 0 Å². The molecule has 0 unspecified atom stereocenters. The second-order valence-electron chi connectivity index (χ2n) is 3.55. The molecule has 72 valence electrons. The molecule has 3 nitrogen and oxygen atoms in total. The molecule has 0 atom stereocenters. The molecule has 1 fully saturated rings. The van der Waals surface area contributed by atoms with Crippen molar-refractivity contribution in [2.24, 2.45) is 5.73 Å². The fraction of sp³-hybridized carbons (Fsp3) is 0.667. The topological polar surface area (TPSA) is 42.2 Å². The van der Waals surface area contributed by atoms with Crippen molar-refractivity contribution in [3.8, 4) is 0 Å². The zero-order valence-corrected chi connectivity index (χ0v) is 8.68. The molecule has 0 spiro atoms. The number of anilines is 1. The van der Waals surface area contributed by atoms with Crippen molar-refractivity contribution >= 4 is 17.2 Å². The molecule has 1 aliphatic rings. The van der Waals surface area contributed by atoms with E-state index < -0.39 is 0 Å². The molecule has 0 radical (unpaired) electrons. The summed E-state index contributed by atoms with van der Waals surface area (Å²) in [5.41, 5.74) is 5.84. The van der Waals surface area contributed by atoms with Crippen LogP contribution in [0, 0.1) is 6.92 Å². The van der Waals surface area contributed by atoms with Gasteiger partial charge in [-0.25, -0.2) is 4.98 Å². The molecular formula is C9H15N3S. The van der Waals surface area contributed by atoms with E-state index in [2.05, 4.69) is 15.3 Å². The molecule has 0 amide bonds. The number of aromatic nitrogens is 1. The summed E-state index contributed by atoms with van der Waals surface area (Å²) in [6.07, 6.45) is 2.19. The van der Waals surface area contributed by atoms with Gasteiger partial charge in [-0.15, -0.1) is 11.3 Å². The van der Waals surface area contributed by atoms with Gasteiger partial charge in [0.2, 0.25) is 0 Å². The monoisotopic (exact) mass is 197 g/mol. The van der Waals surface area contributed by atoms with E-state index in [9.17, 15) is 0 Å². The van der Waals surface area contributed by atoms with E-state index in [0.29, 0.717) is 6.04 Å². The number of hydrogen-bond acceptors (Lipinski definition) is 4. The summed E-state index contributed by atoms with van der Waals surface area (Å²) in [4.78, 5) is 6.79. The smallest absolute Gasteiger partial charge is 0.139 e. The van der Waals surface area contributed by atoms with Gasteiger partial charge in [0.05, 0.1) is 5.01 Å². The largest absolute Gasteiger partial charge is 0.356 e. The van der Waals surface area contributed by atoms with Crippen LogP contribution in [0.4, 0.5) is 5.82 Å². The third kappa shape index (κ3) is 2.00. The molecule has 2 rings (SSSR count). The summed E-state index contributed by atoms with van der Waals surface area (Å²) >= 11 is 1.71. The van der Waals surface area contributed by atoms with E-state index in [0.717, 1.165) is 36.8 Å². The Hall–Kier alpha value is -0.610. The van der Waals surface area contributed by atoms with Crippen molar-refractivity contribution in [2.45, 2.75) is 25.8 Å². The molecule has 1 aliphatic heterocycles. The second-order valence-corrected chi connectivity index (χ2v) is 4.61. The van der Waals surface area contributed by atoms with Crippen LogP contribution in [-0.2, 0) is 0 Å². The number of piperidine rings is 1. The molecule has 13 heavy (non-hydrogen) atoms. The Kier molecular flexibility index (Phi) is 2.51. The normalized spacial score (nSPS) is 19.4. The average Bonchev–Trinajstić information content (AvgIpc) is 2.53. The lowest BCUT2D eigenvalue weighted by atomic mass is 10.1. The van der Waals surface area contributed by atoms with Crippen molar-refractivity contribution in [1.29, 1.82) is 0 Å². The number of aryl methyl sites for hydroxylation is 1. The number of hydrogen-bond donors (Lipinski definition) is 1. The zero-order valence-electron chi connectivity index (χ0n) is 7.86. The highest BCUT2D eigenvalue weighted by Crippen LogP contribution is 2.21. The fourth-order valence-corrected chi connectivity index (χ4v) is 2.25. The van der Waals surface area contributed by atoms with Gasteiger partial charge in [0.25, 0.3) is 0 Å². The highest BCUT2D eigenvalue weighted by atomic mass is 32.1. The highest BCUT2D eigenvalue weighted by Gasteiger charge is 2.17. The molecular weight excluding hydrogens is 182 g/mol. The van der Waals surface area contributed by atoms with Gasteiger partial charge in [0.1, 0.15) is 5.82 Å². The Morgan fingerprint density at radius 2 is 2.23 bits per heavy atom. The first kappa shape index (κ1) is 8.97. The Morgan fingerprint density at radius 1 is 1.54 bits per heavy atom. The van der Waals surface area contributed by atoms with Gasteiger partial charge < -0.3 is 10.6 Å². The minimum absolute atomic E-state index is 0.399. The minimum atomic E-state index is 0.399. The average molecular weight is 197 g/mol. The molecule has 1 aromatic heterocycles. The standard InChI is InChI=1S/C9H15N3S/c1-7-11-9(6-13-7)12-4-2-8(10)3-5-12/h6,8H,2-5,10H2,1H3. The Bertz CT molecular complexity index is 276. The van der Waals surface area contributed by atoms with E-state index in [4.69, 9.17) is 5.73 Å². The quantitative estimate of drug-likeness (QED) is 0.739. The van der Waals surface area contributed by atoms with E-state index in [-0.39, 0.29) is 0 Å². The van der Waals surface area contributed by atoms with Crippen LogP contribution in [0.2, 0.25) is 0 Å². The van der Waals surface area contributed by atoms with Gasteiger partial charge in [-0.2, -0.15) is 0 Å². The number of nitrogens with two attached hydrogens (primary N) is 1. The van der Waals surface area contributed by atoms with Crippen molar-refractivity contribution in [1.82, 2.24) is 4.98 Å². The predicted molar refractivity (Wildman–Crippen MR) is 56.3 cm³/mol. The molecule has 0 aliphatic carbocycles. The number of nitrogens with zero attached hydrogens (tertiary/aromatic N) is 2.